The van der Waals surface area contributed by atoms with Crippen LogP contribution >= 0.6 is 0 Å². The van der Waals surface area contributed by atoms with Crippen LogP contribution in [-0.4, -0.2) is 0 Å². The molecule has 1 aliphatic heterocycles. The van der Waals surface area contributed by atoms with Gasteiger partial charge in [-0.25, -0.2) is 0 Å². The van der Waals surface area contributed by atoms with Crippen LogP contribution in [0.2, 0.25) is 0 Å². The Bertz CT molecular complexity index is 4240. The molecule has 12 aromatic rings. The second-order valence-corrected chi connectivity index (χ2v) is 20.3. The number of anilines is 1. The molecule has 1 heterocycles. The summed E-state index contributed by atoms with van der Waals surface area (Å²) in [5, 5.41) is 13.9. The summed E-state index contributed by atoms with van der Waals surface area (Å²) in [6, 6.07) is 79.8. The van der Waals surface area contributed by atoms with Crippen LogP contribution in [0.5, 0.6) is 5.75 Å². The lowest BCUT2D eigenvalue weighted by Crippen LogP contribution is -2.15. The minimum atomic E-state index is -0.261. The van der Waals surface area contributed by atoms with E-state index in [-0.39, 0.29) is 11.6 Å². The summed E-state index contributed by atoms with van der Waals surface area (Å²) in [6.07, 6.45) is -0.205. The van der Waals surface area contributed by atoms with Gasteiger partial charge in [0.05, 0.1) is 5.69 Å². The molecule has 1 unspecified atom stereocenters. The topological polar surface area (TPSA) is 21.3 Å². The Morgan fingerprint density at radius 3 is 1.40 bits per heavy atom. The molecule has 1 atom stereocenters. The van der Waals surface area contributed by atoms with E-state index in [9.17, 15) is 0 Å². The zero-order chi connectivity index (χ0) is 46.0. The van der Waals surface area contributed by atoms with Crippen LogP contribution < -0.4 is 10.1 Å². The maximum Gasteiger partial charge on any atom is 0.196 e. The van der Waals surface area contributed by atoms with Crippen molar-refractivity contribution in [3.8, 4) is 94.8 Å². The minimum Gasteiger partial charge on any atom is -0.464 e. The molecule has 4 aliphatic rings. The number of hydrogen-bond donors (Lipinski definition) is 1. The van der Waals surface area contributed by atoms with Crippen molar-refractivity contribution in [1.82, 2.24) is 0 Å². The van der Waals surface area contributed by atoms with Crippen LogP contribution in [0.4, 0.5) is 5.69 Å². The molecule has 0 radical (unpaired) electrons. The monoisotopic (exact) mass is 889 g/mol. The highest BCUT2D eigenvalue weighted by Gasteiger charge is 2.38. The molecule has 0 saturated heterocycles. The van der Waals surface area contributed by atoms with Gasteiger partial charge in [-0.3, -0.25) is 0 Å². The van der Waals surface area contributed by atoms with Gasteiger partial charge in [-0.2, -0.15) is 0 Å². The Morgan fingerprint density at radius 2 is 0.800 bits per heavy atom. The van der Waals surface area contributed by atoms with Crippen molar-refractivity contribution >= 4 is 48.8 Å². The normalized spacial score (nSPS) is 14.9. The average Bonchev–Trinajstić information content (AvgIpc) is 4.15. The lowest BCUT2D eigenvalue weighted by atomic mass is 9.78. The molecule has 2 nitrogen and oxygen atoms in total. The average molecular weight is 890 g/mol. The van der Waals surface area contributed by atoms with E-state index in [2.05, 4.69) is 213 Å². The molecule has 12 aromatic carbocycles. The lowest BCUT2D eigenvalue weighted by molar-refractivity contribution is 0.260. The van der Waals surface area contributed by atoms with E-state index in [1.54, 1.807) is 0 Å². The lowest BCUT2D eigenvalue weighted by Gasteiger charge is -2.25. The van der Waals surface area contributed by atoms with Crippen LogP contribution in [0.15, 0.2) is 212 Å². The van der Waals surface area contributed by atoms with Gasteiger partial charge in [0.15, 0.2) is 6.23 Å². The van der Waals surface area contributed by atoms with E-state index < -0.39 is 0 Å². The summed E-state index contributed by atoms with van der Waals surface area (Å²) in [7, 11) is 0. The van der Waals surface area contributed by atoms with Gasteiger partial charge in [0.2, 0.25) is 0 Å². The summed E-state index contributed by atoms with van der Waals surface area (Å²) >= 11 is 0. The zero-order valence-corrected chi connectivity index (χ0v) is 38.7. The molecule has 0 amide bonds. The van der Waals surface area contributed by atoms with Gasteiger partial charge < -0.3 is 10.1 Å². The Morgan fingerprint density at radius 1 is 0.343 bits per heavy atom. The number of nitrogens with one attached hydrogen (secondary N) is 1. The first-order valence-electron chi connectivity index (χ1n) is 24.6. The van der Waals surface area contributed by atoms with Crippen molar-refractivity contribution in [2.45, 2.75) is 25.5 Å². The van der Waals surface area contributed by atoms with Gasteiger partial charge in [0.1, 0.15) is 5.75 Å². The summed E-state index contributed by atoms with van der Waals surface area (Å²) in [5.41, 5.74) is 25.3. The van der Waals surface area contributed by atoms with E-state index in [4.69, 9.17) is 4.74 Å². The fraction of sp³-hybridized carbons (Fsp3) is 0.0588. The number of rotatable bonds is 4. The Labute approximate surface area is 406 Å². The van der Waals surface area contributed by atoms with Gasteiger partial charge in [0, 0.05) is 11.0 Å². The molecule has 326 valence electrons. The molecule has 0 fully saturated rings. The number of hydrogen-bond acceptors (Lipinski definition) is 2. The first-order valence-corrected chi connectivity index (χ1v) is 24.6. The number of fused-ring (bicyclic) bond motifs is 12. The number of benzene rings is 12. The highest BCUT2D eigenvalue weighted by Crippen LogP contribution is 2.57. The van der Waals surface area contributed by atoms with Gasteiger partial charge in [-0.15, -0.1) is 0 Å². The Hall–Kier alpha value is -8.72. The predicted octanol–water partition coefficient (Wildman–Crippen LogP) is 18.4. The molecular weight excluding hydrogens is 847 g/mol. The molecule has 0 spiro atoms. The van der Waals surface area contributed by atoms with Gasteiger partial charge in [-0.05, 0) is 174 Å². The predicted molar refractivity (Wildman–Crippen MR) is 293 cm³/mol. The number of ether oxygens (including phenoxy) is 1. The molecule has 0 saturated carbocycles. The third kappa shape index (κ3) is 5.02. The fourth-order valence-electron chi connectivity index (χ4n) is 13.2. The largest absolute Gasteiger partial charge is 0.464 e. The quantitative estimate of drug-likeness (QED) is 0.178. The maximum atomic E-state index is 6.28. The minimum absolute atomic E-state index is 0.205. The molecule has 1 N–H and O–H groups in total. The van der Waals surface area contributed by atoms with E-state index in [0.717, 1.165) is 17.0 Å². The standard InChI is InChI=1S/C68H43NO/c1-68(2)59-35-40(38-25-27-39(28-26-38)67-69-61-23-9-10-24-62(61)70-67)29-30-45(59)56-36-57-58(37-60(56)68)66(55-34-32-53-44-16-6-4-14-42(44)47-20-12-22-51(55)64(47)53)49-18-8-7-17-48(49)65(57)54-33-31-52-43-15-5-3-13-41(43)46-19-11-21-50(54)63(46)52/h3-37,67,69H,1-2H3. The highest BCUT2D eigenvalue weighted by atomic mass is 16.5. The zero-order valence-electron chi connectivity index (χ0n) is 38.7. The third-order valence-corrected chi connectivity index (χ3v) is 16.4. The van der Waals surface area contributed by atoms with E-state index >= 15 is 0 Å². The second-order valence-electron chi connectivity index (χ2n) is 20.3. The van der Waals surface area contributed by atoms with Crippen molar-refractivity contribution in [1.29, 1.82) is 0 Å². The third-order valence-electron chi connectivity index (χ3n) is 16.4. The van der Waals surface area contributed by atoms with Gasteiger partial charge >= 0.3 is 0 Å². The second kappa shape index (κ2) is 13.7. The fourth-order valence-corrected chi connectivity index (χ4v) is 13.2. The maximum absolute atomic E-state index is 6.28. The number of para-hydroxylation sites is 2. The smallest absolute Gasteiger partial charge is 0.196 e. The summed E-state index contributed by atoms with van der Waals surface area (Å²) in [5.74, 6) is 0.893. The summed E-state index contributed by atoms with van der Waals surface area (Å²) in [4.78, 5) is 0. The van der Waals surface area contributed by atoms with Crippen molar-refractivity contribution in [2.75, 3.05) is 5.32 Å². The summed E-state index contributed by atoms with van der Waals surface area (Å²) in [6.45, 7) is 4.85. The first kappa shape index (κ1) is 38.3. The Kier molecular flexibility index (Phi) is 7.50. The van der Waals surface area contributed by atoms with Gasteiger partial charge in [0.25, 0.3) is 0 Å². The van der Waals surface area contributed by atoms with Crippen LogP contribution in [0, 0.1) is 0 Å². The van der Waals surface area contributed by atoms with Crippen LogP contribution in [0.1, 0.15) is 36.8 Å². The molecule has 0 bridgehead atoms. The molecule has 70 heavy (non-hydrogen) atoms. The molecule has 2 heteroatoms. The Balaban J connectivity index is 0.937. The van der Waals surface area contributed by atoms with E-state index in [1.807, 2.05) is 18.2 Å². The van der Waals surface area contributed by atoms with Crippen LogP contribution in [0.25, 0.3) is 132 Å². The highest BCUT2D eigenvalue weighted by molar-refractivity contribution is 6.29. The van der Waals surface area contributed by atoms with Crippen LogP contribution in [-0.2, 0) is 5.41 Å². The van der Waals surface area contributed by atoms with Crippen molar-refractivity contribution < 1.29 is 4.74 Å². The van der Waals surface area contributed by atoms with Gasteiger partial charge in [-0.1, -0.05) is 196 Å². The molecule has 16 rings (SSSR count). The van der Waals surface area contributed by atoms with Crippen molar-refractivity contribution in [2.24, 2.45) is 0 Å². The first-order chi connectivity index (χ1) is 34.5. The van der Waals surface area contributed by atoms with E-state index in [0.29, 0.717) is 0 Å². The van der Waals surface area contributed by atoms with Crippen LogP contribution in [0.3, 0.4) is 0 Å². The van der Waals surface area contributed by atoms with Crippen molar-refractivity contribution in [3.63, 3.8) is 0 Å². The molecule has 0 aromatic heterocycles. The summed E-state index contributed by atoms with van der Waals surface area (Å²) < 4.78 is 6.28. The molecule has 3 aliphatic carbocycles. The van der Waals surface area contributed by atoms with E-state index in [1.165, 1.54) is 143 Å². The molecular formula is C68H43NO. The van der Waals surface area contributed by atoms with Crippen molar-refractivity contribution in [3.05, 3.63) is 229 Å². The SMILES string of the molecule is CC1(C)c2cc(-c3ccc(C4Nc5ccccc5O4)cc3)ccc2-c2cc3c(-c4ccc5c6c(cccc46)-c4ccccc4-5)c4ccccc4c(-c4ccc5c6c(cccc46)-c4ccccc4-5)c3cc21.